The van der Waals surface area contributed by atoms with Gasteiger partial charge in [0.25, 0.3) is 5.91 Å². The Balaban J connectivity index is 1.96. The lowest BCUT2D eigenvalue weighted by molar-refractivity contribution is -0.119. The summed E-state index contributed by atoms with van der Waals surface area (Å²) in [5, 5.41) is 2.77. The zero-order chi connectivity index (χ0) is 16.8. The second-order valence-corrected chi connectivity index (χ2v) is 5.92. The fourth-order valence-electron chi connectivity index (χ4n) is 2.09. The highest BCUT2D eigenvalue weighted by atomic mass is 32.2. The van der Waals surface area contributed by atoms with E-state index in [0.717, 1.165) is 21.7 Å². The summed E-state index contributed by atoms with van der Waals surface area (Å²) in [6, 6.07) is 12.8. The van der Waals surface area contributed by atoms with Gasteiger partial charge in [-0.25, -0.2) is 4.79 Å². The summed E-state index contributed by atoms with van der Waals surface area (Å²) >= 11 is 1.46. The van der Waals surface area contributed by atoms with Crippen LogP contribution in [0.25, 0.3) is 0 Å². The molecule has 0 saturated carbocycles. The smallest absolute Gasteiger partial charge is 0.339 e. The molecule has 120 valence electrons. The van der Waals surface area contributed by atoms with Crippen LogP contribution in [0.3, 0.4) is 0 Å². The first-order valence-corrected chi connectivity index (χ1v) is 8.41. The number of aryl methyl sites for hydroxylation is 1. The minimum Gasteiger partial charge on any atom is -0.452 e. The lowest BCUT2D eigenvalue weighted by Gasteiger charge is -2.11. The molecule has 1 amide bonds. The van der Waals surface area contributed by atoms with Crippen LogP contribution in [0, 0.1) is 13.8 Å². The maximum Gasteiger partial charge on any atom is 0.339 e. The molecule has 2 aromatic carbocycles. The molecule has 0 saturated heterocycles. The summed E-state index contributed by atoms with van der Waals surface area (Å²) in [5.74, 6) is -0.847. The van der Waals surface area contributed by atoms with Gasteiger partial charge < -0.3 is 10.1 Å². The molecule has 0 unspecified atom stereocenters. The van der Waals surface area contributed by atoms with Gasteiger partial charge in [-0.15, -0.1) is 11.8 Å². The van der Waals surface area contributed by atoms with Gasteiger partial charge in [0.15, 0.2) is 6.61 Å². The van der Waals surface area contributed by atoms with Crippen LogP contribution in [0.1, 0.15) is 21.5 Å². The van der Waals surface area contributed by atoms with Crippen LogP contribution >= 0.6 is 11.8 Å². The first-order valence-electron chi connectivity index (χ1n) is 7.19. The first-order chi connectivity index (χ1) is 11.0. The van der Waals surface area contributed by atoms with Crippen molar-refractivity contribution in [1.82, 2.24) is 0 Å². The molecule has 4 nitrogen and oxygen atoms in total. The highest BCUT2D eigenvalue weighted by molar-refractivity contribution is 7.98. The number of rotatable bonds is 5. The van der Waals surface area contributed by atoms with E-state index in [2.05, 4.69) is 5.32 Å². The molecule has 0 aliphatic carbocycles. The molecule has 0 heterocycles. The number of ether oxygens (including phenoxy) is 1. The predicted molar refractivity (Wildman–Crippen MR) is 93.1 cm³/mol. The summed E-state index contributed by atoms with van der Waals surface area (Å²) in [6.45, 7) is 3.60. The van der Waals surface area contributed by atoms with E-state index in [0.29, 0.717) is 5.56 Å². The Bertz CT molecular complexity index is 728. The van der Waals surface area contributed by atoms with Crippen molar-refractivity contribution in [3.63, 3.8) is 0 Å². The summed E-state index contributed by atoms with van der Waals surface area (Å²) in [4.78, 5) is 24.9. The molecular formula is C18H19NO3S. The Labute approximate surface area is 140 Å². The number of anilines is 1. The van der Waals surface area contributed by atoms with Crippen molar-refractivity contribution in [3.8, 4) is 0 Å². The van der Waals surface area contributed by atoms with E-state index in [1.807, 2.05) is 50.4 Å². The highest BCUT2D eigenvalue weighted by Gasteiger charge is 2.14. The zero-order valence-corrected chi connectivity index (χ0v) is 14.2. The number of hydrogen-bond donors (Lipinski definition) is 1. The van der Waals surface area contributed by atoms with Crippen LogP contribution in [0.5, 0.6) is 0 Å². The Hall–Kier alpha value is -2.27. The number of hydrogen-bond acceptors (Lipinski definition) is 4. The fourth-order valence-corrected chi connectivity index (χ4v) is 2.68. The Morgan fingerprint density at radius 2 is 1.83 bits per heavy atom. The minimum absolute atomic E-state index is 0.311. The number of carbonyl (C=O) groups excluding carboxylic acids is 2. The van der Waals surface area contributed by atoms with Crippen LogP contribution in [0.4, 0.5) is 5.69 Å². The lowest BCUT2D eigenvalue weighted by atomic mass is 10.1. The molecule has 23 heavy (non-hydrogen) atoms. The molecule has 2 rings (SSSR count). The van der Waals surface area contributed by atoms with Crippen molar-refractivity contribution in [2.45, 2.75) is 18.7 Å². The summed E-state index contributed by atoms with van der Waals surface area (Å²) < 4.78 is 5.11. The monoisotopic (exact) mass is 329 g/mol. The Kier molecular flexibility index (Phi) is 5.82. The molecule has 0 fully saturated rings. The molecule has 0 aromatic heterocycles. The van der Waals surface area contributed by atoms with Gasteiger partial charge in [-0.05, 0) is 49.4 Å². The zero-order valence-electron chi connectivity index (χ0n) is 13.4. The predicted octanol–water partition coefficient (Wildman–Crippen LogP) is 3.82. The lowest BCUT2D eigenvalue weighted by Crippen LogP contribution is -2.21. The van der Waals surface area contributed by atoms with E-state index in [4.69, 9.17) is 4.74 Å². The van der Waals surface area contributed by atoms with Gasteiger partial charge in [0.05, 0.1) is 5.56 Å². The Morgan fingerprint density at radius 3 is 2.57 bits per heavy atom. The Morgan fingerprint density at radius 1 is 1.09 bits per heavy atom. The number of benzene rings is 2. The number of esters is 1. The average Bonchev–Trinajstić information content (AvgIpc) is 2.56. The van der Waals surface area contributed by atoms with Crippen molar-refractivity contribution < 1.29 is 14.3 Å². The fraction of sp³-hybridized carbons (Fsp3) is 0.222. The third kappa shape index (κ3) is 4.36. The van der Waals surface area contributed by atoms with E-state index < -0.39 is 5.97 Å². The standard InChI is InChI=1S/C18H19NO3S/c1-12-7-6-9-15(13(12)2)19-17(20)11-22-18(21)14-8-4-5-10-16(14)23-3/h4-10H,11H2,1-3H3,(H,19,20). The van der Waals surface area contributed by atoms with E-state index >= 15 is 0 Å². The van der Waals surface area contributed by atoms with Crippen molar-refractivity contribution in [1.29, 1.82) is 0 Å². The summed E-state index contributed by atoms with van der Waals surface area (Å²) in [5.41, 5.74) is 3.30. The van der Waals surface area contributed by atoms with Gasteiger partial charge in [0.1, 0.15) is 0 Å². The van der Waals surface area contributed by atoms with Crippen LogP contribution in [-0.2, 0) is 9.53 Å². The number of thioether (sulfide) groups is 1. The first kappa shape index (κ1) is 17.1. The topological polar surface area (TPSA) is 55.4 Å². The minimum atomic E-state index is -0.494. The molecule has 2 aromatic rings. The second-order valence-electron chi connectivity index (χ2n) is 5.07. The maximum atomic E-state index is 12.1. The van der Waals surface area contributed by atoms with Crippen LogP contribution in [0.15, 0.2) is 47.4 Å². The van der Waals surface area contributed by atoms with Gasteiger partial charge >= 0.3 is 5.97 Å². The molecular weight excluding hydrogens is 310 g/mol. The molecule has 5 heteroatoms. The quantitative estimate of drug-likeness (QED) is 0.669. The van der Waals surface area contributed by atoms with E-state index in [1.165, 1.54) is 11.8 Å². The van der Waals surface area contributed by atoms with Gasteiger partial charge in [-0.2, -0.15) is 0 Å². The van der Waals surface area contributed by atoms with Crippen LogP contribution in [-0.4, -0.2) is 24.7 Å². The third-order valence-corrected chi connectivity index (χ3v) is 4.34. The van der Waals surface area contributed by atoms with Gasteiger partial charge in [-0.3, -0.25) is 4.79 Å². The van der Waals surface area contributed by atoms with Crippen molar-refractivity contribution >= 4 is 29.3 Å². The second kappa shape index (κ2) is 7.83. The number of carbonyl (C=O) groups is 2. The largest absolute Gasteiger partial charge is 0.452 e. The summed E-state index contributed by atoms with van der Waals surface area (Å²) in [6.07, 6.45) is 1.89. The van der Waals surface area contributed by atoms with E-state index in [1.54, 1.807) is 12.1 Å². The van der Waals surface area contributed by atoms with E-state index in [9.17, 15) is 9.59 Å². The third-order valence-electron chi connectivity index (χ3n) is 3.54. The molecule has 0 aliphatic rings. The number of amides is 1. The van der Waals surface area contributed by atoms with Crippen LogP contribution in [0.2, 0.25) is 0 Å². The van der Waals surface area contributed by atoms with E-state index in [-0.39, 0.29) is 12.5 Å². The summed E-state index contributed by atoms with van der Waals surface area (Å²) in [7, 11) is 0. The van der Waals surface area contributed by atoms with Gasteiger partial charge in [-0.1, -0.05) is 24.3 Å². The molecule has 0 spiro atoms. The molecule has 0 aliphatic heterocycles. The SMILES string of the molecule is CSc1ccccc1C(=O)OCC(=O)Nc1cccc(C)c1C. The molecule has 0 atom stereocenters. The van der Waals surface area contributed by atoms with Crippen molar-refractivity contribution in [2.24, 2.45) is 0 Å². The van der Waals surface area contributed by atoms with Gasteiger partial charge in [0.2, 0.25) is 0 Å². The maximum absolute atomic E-state index is 12.1. The average molecular weight is 329 g/mol. The normalized spacial score (nSPS) is 10.2. The molecule has 0 radical (unpaired) electrons. The van der Waals surface area contributed by atoms with Gasteiger partial charge in [0, 0.05) is 10.6 Å². The highest BCUT2D eigenvalue weighted by Crippen LogP contribution is 2.21. The molecule has 1 N–H and O–H groups in total. The number of nitrogens with one attached hydrogen (secondary N) is 1. The molecule has 0 bridgehead atoms. The van der Waals surface area contributed by atoms with Crippen LogP contribution < -0.4 is 5.32 Å². The van der Waals surface area contributed by atoms with Crippen molar-refractivity contribution in [3.05, 3.63) is 59.2 Å². The van der Waals surface area contributed by atoms with Crippen molar-refractivity contribution in [2.75, 3.05) is 18.2 Å².